The first-order chi connectivity index (χ1) is 11.7. The smallest absolute Gasteiger partial charge is 0.154 e. The van der Waals surface area contributed by atoms with Gasteiger partial charge in [0.15, 0.2) is 11.5 Å². The van der Waals surface area contributed by atoms with Crippen LogP contribution in [-0.4, -0.2) is 0 Å². The van der Waals surface area contributed by atoms with Crippen molar-refractivity contribution in [2.24, 2.45) is 0 Å². The number of anilines is 2. The molecule has 0 aromatic heterocycles. The monoisotopic (exact) mass is 352 g/mol. The lowest BCUT2D eigenvalue weighted by Gasteiger charge is -2.38. The first-order valence-electron chi connectivity index (χ1n) is 9.29. The molecule has 0 saturated heterocycles. The first-order valence-corrected chi connectivity index (χ1v) is 9.29. The van der Waals surface area contributed by atoms with Gasteiger partial charge in [0.2, 0.25) is 0 Å². The fraction of sp³-hybridized carbons (Fsp3) is 0.478. The van der Waals surface area contributed by atoms with Crippen LogP contribution in [0.4, 0.5) is 11.4 Å². The third-order valence-corrected chi connectivity index (χ3v) is 5.52. The second-order valence-electron chi connectivity index (χ2n) is 10.1. The third kappa shape index (κ3) is 2.84. The molecule has 1 heterocycles. The lowest BCUT2D eigenvalue weighted by Crippen LogP contribution is -2.28. The zero-order valence-electron chi connectivity index (χ0n) is 17.4. The predicted octanol–water partition coefficient (Wildman–Crippen LogP) is 5.88. The average Bonchev–Trinajstić information content (AvgIpc) is 2.47. The number of rotatable bonds is 0. The highest BCUT2D eigenvalue weighted by atomic mass is 16.5. The van der Waals surface area contributed by atoms with Crippen LogP contribution in [0.2, 0.25) is 0 Å². The van der Waals surface area contributed by atoms with Gasteiger partial charge < -0.3 is 16.2 Å². The lowest BCUT2D eigenvalue weighted by molar-refractivity contribution is 0.419. The van der Waals surface area contributed by atoms with E-state index < -0.39 is 0 Å². The van der Waals surface area contributed by atoms with E-state index in [4.69, 9.17) is 16.2 Å². The number of hydrogen-bond donors (Lipinski definition) is 2. The molecule has 3 rings (SSSR count). The van der Waals surface area contributed by atoms with E-state index >= 15 is 0 Å². The second-order valence-corrected chi connectivity index (χ2v) is 10.1. The molecule has 2 aromatic carbocycles. The van der Waals surface area contributed by atoms with Gasteiger partial charge in [-0.2, -0.15) is 0 Å². The van der Waals surface area contributed by atoms with Crippen LogP contribution in [0, 0.1) is 0 Å². The van der Waals surface area contributed by atoms with Crippen molar-refractivity contribution < 1.29 is 4.74 Å². The Morgan fingerprint density at radius 2 is 1.04 bits per heavy atom. The van der Waals surface area contributed by atoms with Crippen LogP contribution in [0.1, 0.15) is 77.6 Å². The minimum Gasteiger partial charge on any atom is -0.452 e. The van der Waals surface area contributed by atoms with Crippen molar-refractivity contribution in [1.82, 2.24) is 0 Å². The Morgan fingerprint density at radius 3 is 1.35 bits per heavy atom. The Labute approximate surface area is 157 Å². The van der Waals surface area contributed by atoms with E-state index in [0.29, 0.717) is 11.4 Å². The van der Waals surface area contributed by atoms with E-state index in [0.717, 1.165) is 22.6 Å². The number of fused-ring (bicyclic) bond motifs is 2. The highest BCUT2D eigenvalue weighted by Gasteiger charge is 2.38. The van der Waals surface area contributed by atoms with Gasteiger partial charge >= 0.3 is 0 Å². The van der Waals surface area contributed by atoms with Gasteiger partial charge in [-0.25, -0.2) is 0 Å². The molecular weight excluding hydrogens is 320 g/mol. The maximum absolute atomic E-state index is 6.40. The number of nitrogens with two attached hydrogens (primary N) is 2. The first kappa shape index (κ1) is 18.6. The molecule has 3 heteroatoms. The van der Waals surface area contributed by atoms with Gasteiger partial charge in [-0.05, 0) is 34.1 Å². The molecule has 3 nitrogen and oxygen atoms in total. The molecule has 0 saturated carbocycles. The van der Waals surface area contributed by atoms with E-state index in [1.165, 1.54) is 11.1 Å². The van der Waals surface area contributed by atoms with Crippen molar-refractivity contribution in [3.63, 3.8) is 0 Å². The Hall–Kier alpha value is -2.16. The number of benzene rings is 2. The standard InChI is InChI=1S/C23H32N2O/c1-21(2,3)13-9-15-19(17(24)11-13)26-20-16(23(15,7)8)10-14(12-18(20)25)22(4,5)6/h9-12H,24-25H2,1-8H3. The molecule has 0 spiro atoms. The average molecular weight is 353 g/mol. The molecule has 26 heavy (non-hydrogen) atoms. The van der Waals surface area contributed by atoms with Crippen LogP contribution in [0.5, 0.6) is 11.5 Å². The zero-order chi connectivity index (χ0) is 19.7. The number of ether oxygens (including phenoxy) is 1. The zero-order valence-corrected chi connectivity index (χ0v) is 17.4. The van der Waals surface area contributed by atoms with Crippen LogP contribution < -0.4 is 16.2 Å². The molecule has 0 aliphatic carbocycles. The van der Waals surface area contributed by atoms with Crippen LogP contribution in [-0.2, 0) is 16.2 Å². The normalized spacial score (nSPS) is 15.8. The highest BCUT2D eigenvalue weighted by molar-refractivity contribution is 5.73. The molecule has 4 N–H and O–H groups in total. The summed E-state index contributed by atoms with van der Waals surface area (Å²) < 4.78 is 6.26. The predicted molar refractivity (Wildman–Crippen MR) is 111 cm³/mol. The molecule has 0 radical (unpaired) electrons. The summed E-state index contributed by atoms with van der Waals surface area (Å²) in [7, 11) is 0. The fourth-order valence-electron chi connectivity index (χ4n) is 3.57. The minimum absolute atomic E-state index is 0.0196. The van der Waals surface area contributed by atoms with Crippen molar-refractivity contribution in [2.75, 3.05) is 11.5 Å². The minimum atomic E-state index is -0.242. The van der Waals surface area contributed by atoms with Gasteiger partial charge in [0.1, 0.15) is 0 Å². The largest absolute Gasteiger partial charge is 0.452 e. The SMILES string of the molecule is CC(C)(C)c1cc(N)c2c(c1)C(C)(C)c1cc(C(C)(C)C)cc(N)c1O2. The molecule has 0 atom stereocenters. The topological polar surface area (TPSA) is 61.3 Å². The fourth-order valence-corrected chi connectivity index (χ4v) is 3.57. The van der Waals surface area contributed by atoms with Crippen molar-refractivity contribution in [3.05, 3.63) is 46.5 Å². The maximum atomic E-state index is 6.40. The molecular formula is C23H32N2O. The molecule has 2 aromatic rings. The summed E-state index contributed by atoms with van der Waals surface area (Å²) in [6, 6.07) is 8.54. The number of hydrogen-bond acceptors (Lipinski definition) is 3. The van der Waals surface area contributed by atoms with E-state index in [-0.39, 0.29) is 16.2 Å². The lowest BCUT2D eigenvalue weighted by atomic mass is 9.71. The van der Waals surface area contributed by atoms with Crippen LogP contribution >= 0.6 is 0 Å². The molecule has 1 aliphatic heterocycles. The summed E-state index contributed by atoms with van der Waals surface area (Å²) in [5.74, 6) is 1.48. The van der Waals surface area contributed by atoms with Crippen LogP contribution in [0.15, 0.2) is 24.3 Å². The van der Waals surface area contributed by atoms with Crippen molar-refractivity contribution in [3.8, 4) is 11.5 Å². The molecule has 0 unspecified atom stereocenters. The molecule has 1 aliphatic rings. The summed E-state index contributed by atoms with van der Waals surface area (Å²) in [4.78, 5) is 0. The van der Waals surface area contributed by atoms with Crippen LogP contribution in [0.25, 0.3) is 0 Å². The van der Waals surface area contributed by atoms with Crippen molar-refractivity contribution >= 4 is 11.4 Å². The van der Waals surface area contributed by atoms with E-state index in [2.05, 4.69) is 67.5 Å². The van der Waals surface area contributed by atoms with Crippen LogP contribution in [0.3, 0.4) is 0 Å². The maximum Gasteiger partial charge on any atom is 0.154 e. The molecule has 0 amide bonds. The third-order valence-electron chi connectivity index (χ3n) is 5.52. The van der Waals surface area contributed by atoms with E-state index in [1.54, 1.807) is 0 Å². The van der Waals surface area contributed by atoms with E-state index in [1.807, 2.05) is 12.1 Å². The Balaban J connectivity index is 2.29. The van der Waals surface area contributed by atoms with Crippen molar-refractivity contribution in [1.29, 1.82) is 0 Å². The summed E-state index contributed by atoms with van der Waals surface area (Å²) in [5.41, 5.74) is 18.6. The Bertz CT molecular complexity index is 809. The Morgan fingerprint density at radius 1 is 0.692 bits per heavy atom. The van der Waals surface area contributed by atoms with Gasteiger partial charge in [-0.15, -0.1) is 0 Å². The number of nitrogen functional groups attached to an aromatic ring is 2. The molecule has 0 bridgehead atoms. The second kappa shape index (κ2) is 5.42. The quantitative estimate of drug-likeness (QED) is 0.582. The van der Waals surface area contributed by atoms with E-state index in [9.17, 15) is 0 Å². The van der Waals surface area contributed by atoms with Gasteiger partial charge in [0.25, 0.3) is 0 Å². The summed E-state index contributed by atoms with van der Waals surface area (Å²) >= 11 is 0. The highest BCUT2D eigenvalue weighted by Crippen LogP contribution is 2.53. The Kier molecular flexibility index (Phi) is 3.88. The van der Waals surface area contributed by atoms with Crippen molar-refractivity contribution in [2.45, 2.75) is 71.6 Å². The van der Waals surface area contributed by atoms with Gasteiger partial charge in [0, 0.05) is 16.5 Å². The summed E-state index contributed by atoms with van der Waals surface area (Å²) in [6.07, 6.45) is 0. The van der Waals surface area contributed by atoms with Gasteiger partial charge in [0.05, 0.1) is 11.4 Å². The summed E-state index contributed by atoms with van der Waals surface area (Å²) in [6.45, 7) is 17.7. The summed E-state index contributed by atoms with van der Waals surface area (Å²) in [5, 5.41) is 0. The molecule has 0 fully saturated rings. The molecule has 140 valence electrons. The van der Waals surface area contributed by atoms with Gasteiger partial charge in [-0.3, -0.25) is 0 Å². The van der Waals surface area contributed by atoms with Gasteiger partial charge in [-0.1, -0.05) is 67.5 Å².